The monoisotopic (exact) mass is 322 g/mol. The lowest BCUT2D eigenvalue weighted by Gasteiger charge is -2.32. The first-order valence-electron chi connectivity index (χ1n) is 8.50. The molecule has 3 aromatic rings. The zero-order valence-electron chi connectivity index (χ0n) is 13.9. The molecule has 1 atom stereocenters. The molecule has 5 nitrogen and oxygen atoms in total. The van der Waals surface area contributed by atoms with Crippen LogP contribution in [0.1, 0.15) is 12.6 Å². The molecule has 5 heteroatoms. The third-order valence-electron chi connectivity index (χ3n) is 4.67. The fourth-order valence-electron chi connectivity index (χ4n) is 3.27. The average molecular weight is 322 g/mol. The summed E-state index contributed by atoms with van der Waals surface area (Å²) in [5, 5.41) is 0. The second-order valence-corrected chi connectivity index (χ2v) is 6.32. The number of fused-ring (bicyclic) bond motifs is 1. The van der Waals surface area contributed by atoms with Gasteiger partial charge in [-0.2, -0.15) is 0 Å². The standard InChI is InChI=1S/C19H22N4O/c1-15(22-9-11-24-12-10-22)13-17-3-2-4-18(21-17)16-5-7-23-8-6-20-19(23)14-16/h2-8,14-15H,9-13H2,1H3. The topological polar surface area (TPSA) is 42.7 Å². The first kappa shape index (κ1) is 15.3. The summed E-state index contributed by atoms with van der Waals surface area (Å²) in [6.45, 7) is 5.97. The van der Waals surface area contributed by atoms with E-state index in [1.807, 2.05) is 23.0 Å². The number of rotatable bonds is 4. The van der Waals surface area contributed by atoms with E-state index in [-0.39, 0.29) is 0 Å². The normalized spacial score (nSPS) is 17.2. The molecule has 0 bridgehead atoms. The number of nitrogens with zero attached hydrogens (tertiary/aromatic N) is 4. The number of aromatic nitrogens is 3. The summed E-state index contributed by atoms with van der Waals surface area (Å²) in [6, 6.07) is 10.9. The van der Waals surface area contributed by atoms with Crippen LogP contribution in [0.4, 0.5) is 0 Å². The second kappa shape index (κ2) is 6.71. The van der Waals surface area contributed by atoms with Gasteiger partial charge < -0.3 is 9.14 Å². The van der Waals surface area contributed by atoms with Crippen molar-refractivity contribution in [2.75, 3.05) is 26.3 Å². The Morgan fingerprint density at radius 3 is 2.92 bits per heavy atom. The van der Waals surface area contributed by atoms with E-state index < -0.39 is 0 Å². The molecule has 24 heavy (non-hydrogen) atoms. The quantitative estimate of drug-likeness (QED) is 0.741. The second-order valence-electron chi connectivity index (χ2n) is 6.32. The Morgan fingerprint density at radius 1 is 1.17 bits per heavy atom. The molecule has 0 radical (unpaired) electrons. The van der Waals surface area contributed by atoms with Gasteiger partial charge in [-0.05, 0) is 31.2 Å². The van der Waals surface area contributed by atoms with E-state index in [1.165, 1.54) is 0 Å². The van der Waals surface area contributed by atoms with E-state index in [0.29, 0.717) is 6.04 Å². The van der Waals surface area contributed by atoms with Crippen molar-refractivity contribution in [3.8, 4) is 11.3 Å². The van der Waals surface area contributed by atoms with Gasteiger partial charge in [-0.3, -0.25) is 9.88 Å². The van der Waals surface area contributed by atoms with Crippen LogP contribution in [0.5, 0.6) is 0 Å². The lowest BCUT2D eigenvalue weighted by Crippen LogP contribution is -2.43. The predicted molar refractivity (Wildman–Crippen MR) is 94.0 cm³/mol. The number of pyridine rings is 2. The highest BCUT2D eigenvalue weighted by Gasteiger charge is 2.17. The number of hydrogen-bond donors (Lipinski definition) is 0. The van der Waals surface area contributed by atoms with Gasteiger partial charge in [0.1, 0.15) is 5.65 Å². The Morgan fingerprint density at radius 2 is 2.04 bits per heavy atom. The predicted octanol–water partition coefficient (Wildman–Crippen LogP) is 2.66. The van der Waals surface area contributed by atoms with Crippen molar-refractivity contribution in [2.45, 2.75) is 19.4 Å². The van der Waals surface area contributed by atoms with E-state index in [2.05, 4.69) is 47.1 Å². The SMILES string of the molecule is CC(Cc1cccc(-c2ccn3ccnc3c2)n1)N1CCOCC1. The Kier molecular flexibility index (Phi) is 4.28. The maximum Gasteiger partial charge on any atom is 0.137 e. The molecule has 0 amide bonds. The van der Waals surface area contributed by atoms with Crippen LogP contribution in [-0.2, 0) is 11.2 Å². The van der Waals surface area contributed by atoms with Crippen LogP contribution in [0.25, 0.3) is 16.9 Å². The molecule has 1 aliphatic rings. The molecule has 1 unspecified atom stereocenters. The highest BCUT2D eigenvalue weighted by Crippen LogP contribution is 2.19. The van der Waals surface area contributed by atoms with Crippen LogP contribution in [0.3, 0.4) is 0 Å². The van der Waals surface area contributed by atoms with Crippen LogP contribution >= 0.6 is 0 Å². The lowest BCUT2D eigenvalue weighted by atomic mass is 10.1. The van der Waals surface area contributed by atoms with Gasteiger partial charge >= 0.3 is 0 Å². The third kappa shape index (κ3) is 3.18. The Balaban J connectivity index is 1.54. The van der Waals surface area contributed by atoms with Crippen LogP contribution in [0.2, 0.25) is 0 Å². The first-order chi connectivity index (χ1) is 11.8. The molecule has 4 rings (SSSR count). The van der Waals surface area contributed by atoms with Gasteiger partial charge in [-0.25, -0.2) is 4.98 Å². The number of ether oxygens (including phenoxy) is 1. The molecule has 124 valence electrons. The minimum Gasteiger partial charge on any atom is -0.379 e. The van der Waals surface area contributed by atoms with Crippen molar-refractivity contribution >= 4 is 5.65 Å². The van der Waals surface area contributed by atoms with Crippen molar-refractivity contribution in [1.82, 2.24) is 19.3 Å². The highest BCUT2D eigenvalue weighted by atomic mass is 16.5. The Hall–Kier alpha value is -2.24. The molecule has 0 aliphatic carbocycles. The van der Waals surface area contributed by atoms with E-state index >= 15 is 0 Å². The average Bonchev–Trinajstić information content (AvgIpc) is 3.10. The van der Waals surface area contributed by atoms with E-state index in [1.54, 1.807) is 0 Å². The molecule has 0 saturated carbocycles. The van der Waals surface area contributed by atoms with Gasteiger partial charge in [0.2, 0.25) is 0 Å². The molecule has 3 aromatic heterocycles. The maximum absolute atomic E-state index is 5.44. The first-order valence-corrected chi connectivity index (χ1v) is 8.50. The number of morpholine rings is 1. The van der Waals surface area contributed by atoms with Crippen LogP contribution in [-0.4, -0.2) is 51.6 Å². The van der Waals surface area contributed by atoms with Crippen molar-refractivity contribution in [1.29, 1.82) is 0 Å². The number of imidazole rings is 1. The summed E-state index contributed by atoms with van der Waals surface area (Å²) >= 11 is 0. The van der Waals surface area contributed by atoms with Crippen LogP contribution in [0.15, 0.2) is 48.9 Å². The smallest absolute Gasteiger partial charge is 0.137 e. The summed E-state index contributed by atoms with van der Waals surface area (Å²) in [5.74, 6) is 0. The fourth-order valence-corrected chi connectivity index (χ4v) is 3.27. The molecule has 0 N–H and O–H groups in total. The van der Waals surface area contributed by atoms with Gasteiger partial charge in [0.05, 0.1) is 18.9 Å². The van der Waals surface area contributed by atoms with Crippen molar-refractivity contribution in [3.05, 3.63) is 54.6 Å². The summed E-state index contributed by atoms with van der Waals surface area (Å²) in [7, 11) is 0. The van der Waals surface area contributed by atoms with Gasteiger partial charge in [0, 0.05) is 55.4 Å². The number of hydrogen-bond acceptors (Lipinski definition) is 4. The highest BCUT2D eigenvalue weighted by molar-refractivity contribution is 5.64. The maximum atomic E-state index is 5.44. The lowest BCUT2D eigenvalue weighted by molar-refractivity contribution is 0.0202. The zero-order valence-corrected chi connectivity index (χ0v) is 13.9. The molecular formula is C19H22N4O. The van der Waals surface area contributed by atoms with E-state index in [0.717, 1.165) is 55.3 Å². The summed E-state index contributed by atoms with van der Waals surface area (Å²) in [4.78, 5) is 11.7. The van der Waals surface area contributed by atoms with Gasteiger partial charge in [-0.1, -0.05) is 6.07 Å². The third-order valence-corrected chi connectivity index (χ3v) is 4.67. The van der Waals surface area contributed by atoms with Crippen molar-refractivity contribution in [3.63, 3.8) is 0 Å². The minimum atomic E-state index is 0.478. The molecule has 0 spiro atoms. The minimum absolute atomic E-state index is 0.478. The van der Waals surface area contributed by atoms with Gasteiger partial charge in [0.25, 0.3) is 0 Å². The molecule has 1 saturated heterocycles. The van der Waals surface area contributed by atoms with Crippen molar-refractivity contribution in [2.24, 2.45) is 0 Å². The molecule has 1 fully saturated rings. The summed E-state index contributed by atoms with van der Waals surface area (Å²) in [5.41, 5.74) is 4.19. The Labute approximate surface area is 141 Å². The van der Waals surface area contributed by atoms with E-state index in [9.17, 15) is 0 Å². The zero-order chi connectivity index (χ0) is 16.4. The van der Waals surface area contributed by atoms with Crippen molar-refractivity contribution < 1.29 is 4.74 Å². The summed E-state index contributed by atoms with van der Waals surface area (Å²) < 4.78 is 7.45. The Bertz CT molecular complexity index is 823. The molecule has 0 aromatic carbocycles. The molecule has 1 aliphatic heterocycles. The fraction of sp³-hybridized carbons (Fsp3) is 0.368. The van der Waals surface area contributed by atoms with Crippen LogP contribution in [0, 0.1) is 0 Å². The molecule has 4 heterocycles. The van der Waals surface area contributed by atoms with E-state index in [4.69, 9.17) is 9.72 Å². The van der Waals surface area contributed by atoms with Gasteiger partial charge in [-0.15, -0.1) is 0 Å². The van der Waals surface area contributed by atoms with Crippen LogP contribution < -0.4 is 0 Å². The summed E-state index contributed by atoms with van der Waals surface area (Å²) in [6.07, 6.45) is 6.75. The largest absolute Gasteiger partial charge is 0.379 e. The van der Waals surface area contributed by atoms with Gasteiger partial charge in [0.15, 0.2) is 0 Å². The molecular weight excluding hydrogens is 300 g/mol.